The number of unbranched alkanes of at least 4 members (excludes halogenated alkanes) is 3. The number of ether oxygens (including phenoxy) is 1. The van der Waals surface area contributed by atoms with Crippen molar-refractivity contribution in [3.05, 3.63) is 11.4 Å². The molecule has 2 rings (SSSR count). The van der Waals surface area contributed by atoms with Crippen molar-refractivity contribution < 1.29 is 4.74 Å². The third kappa shape index (κ3) is 3.82. The maximum Gasteiger partial charge on any atom is 0.227 e. The summed E-state index contributed by atoms with van der Waals surface area (Å²) in [4.78, 5) is 9.83. The molecular weight excluding hydrogens is 270 g/mol. The number of thiophene rings is 1. The molecule has 20 heavy (non-hydrogen) atoms. The predicted molar refractivity (Wildman–Crippen MR) is 85.8 cm³/mol. The molecule has 2 aromatic rings. The van der Waals surface area contributed by atoms with Crippen LogP contribution in [0.25, 0.3) is 10.2 Å². The zero-order chi connectivity index (χ0) is 14.4. The average Bonchev–Trinajstić information content (AvgIpc) is 2.92. The Morgan fingerprint density at radius 2 is 2.15 bits per heavy atom. The summed E-state index contributed by atoms with van der Waals surface area (Å²) < 4.78 is 6.02. The fourth-order valence-electron chi connectivity index (χ4n) is 2.14. The summed E-state index contributed by atoms with van der Waals surface area (Å²) in [6.45, 7) is 4.35. The van der Waals surface area contributed by atoms with Crippen LogP contribution in [0, 0.1) is 0 Å². The van der Waals surface area contributed by atoms with E-state index in [0.717, 1.165) is 16.6 Å². The van der Waals surface area contributed by atoms with Crippen molar-refractivity contribution in [3.63, 3.8) is 0 Å². The van der Waals surface area contributed by atoms with Gasteiger partial charge < -0.3 is 10.1 Å². The first-order chi connectivity index (χ1) is 9.74. The first kappa shape index (κ1) is 15.0. The molecule has 0 aliphatic heterocycles. The Labute approximate surface area is 124 Å². The standard InChI is InChI=1S/C15H23N3OS/c1-4-5-6-7-8-11(2)19-13-12-9-10-20-14(12)18-15(16-3)17-13/h9-11H,4-8H2,1-3H3,(H,16,17,18). The minimum atomic E-state index is 0.189. The second kappa shape index (κ2) is 7.43. The maximum absolute atomic E-state index is 6.02. The molecule has 5 heteroatoms. The van der Waals surface area contributed by atoms with Gasteiger partial charge in [-0.3, -0.25) is 0 Å². The van der Waals surface area contributed by atoms with Gasteiger partial charge in [-0.1, -0.05) is 26.2 Å². The smallest absolute Gasteiger partial charge is 0.227 e. The van der Waals surface area contributed by atoms with Gasteiger partial charge >= 0.3 is 0 Å². The third-order valence-electron chi connectivity index (χ3n) is 3.29. The lowest BCUT2D eigenvalue weighted by Crippen LogP contribution is -2.13. The first-order valence-electron chi connectivity index (χ1n) is 7.34. The number of nitrogens with zero attached hydrogens (tertiary/aromatic N) is 2. The van der Waals surface area contributed by atoms with Crippen LogP contribution in [-0.4, -0.2) is 23.1 Å². The molecular formula is C15H23N3OS. The van der Waals surface area contributed by atoms with E-state index in [1.54, 1.807) is 11.3 Å². The number of aromatic nitrogens is 2. The molecule has 0 aromatic carbocycles. The largest absolute Gasteiger partial charge is 0.474 e. The molecule has 0 radical (unpaired) electrons. The van der Waals surface area contributed by atoms with Crippen LogP contribution in [0.15, 0.2) is 11.4 Å². The lowest BCUT2D eigenvalue weighted by molar-refractivity contribution is 0.201. The van der Waals surface area contributed by atoms with Crippen LogP contribution in [0.4, 0.5) is 5.95 Å². The second-order valence-electron chi connectivity index (χ2n) is 5.02. The van der Waals surface area contributed by atoms with E-state index in [0.29, 0.717) is 11.8 Å². The van der Waals surface area contributed by atoms with E-state index in [-0.39, 0.29) is 6.10 Å². The van der Waals surface area contributed by atoms with E-state index < -0.39 is 0 Å². The number of rotatable bonds is 8. The topological polar surface area (TPSA) is 47.0 Å². The van der Waals surface area contributed by atoms with Gasteiger partial charge in [-0.2, -0.15) is 4.98 Å². The van der Waals surface area contributed by atoms with E-state index in [9.17, 15) is 0 Å². The Morgan fingerprint density at radius 3 is 2.90 bits per heavy atom. The van der Waals surface area contributed by atoms with Crippen molar-refractivity contribution in [3.8, 4) is 5.88 Å². The molecule has 0 aliphatic rings. The summed E-state index contributed by atoms with van der Waals surface area (Å²) >= 11 is 1.61. The molecule has 0 bridgehead atoms. The number of hydrogen-bond acceptors (Lipinski definition) is 5. The van der Waals surface area contributed by atoms with Crippen LogP contribution in [0.2, 0.25) is 0 Å². The highest BCUT2D eigenvalue weighted by Gasteiger charge is 2.12. The van der Waals surface area contributed by atoms with Gasteiger partial charge in [-0.15, -0.1) is 11.3 Å². The van der Waals surface area contributed by atoms with Crippen molar-refractivity contribution in [1.82, 2.24) is 9.97 Å². The molecule has 0 fully saturated rings. The van der Waals surface area contributed by atoms with Gasteiger partial charge in [0.15, 0.2) is 0 Å². The molecule has 2 heterocycles. The van der Waals surface area contributed by atoms with E-state index >= 15 is 0 Å². The molecule has 0 saturated carbocycles. The fourth-order valence-corrected chi connectivity index (χ4v) is 2.89. The molecule has 0 spiro atoms. The van der Waals surface area contributed by atoms with Gasteiger partial charge in [0.05, 0.1) is 11.5 Å². The molecule has 110 valence electrons. The van der Waals surface area contributed by atoms with Crippen molar-refractivity contribution in [2.75, 3.05) is 12.4 Å². The molecule has 1 unspecified atom stereocenters. The Bertz CT molecular complexity index is 541. The molecule has 1 atom stereocenters. The summed E-state index contributed by atoms with van der Waals surface area (Å²) in [7, 11) is 1.83. The fraction of sp³-hybridized carbons (Fsp3) is 0.600. The first-order valence-corrected chi connectivity index (χ1v) is 8.22. The summed E-state index contributed by atoms with van der Waals surface area (Å²) in [6, 6.07) is 2.03. The van der Waals surface area contributed by atoms with Gasteiger partial charge in [0.1, 0.15) is 4.83 Å². The minimum Gasteiger partial charge on any atom is -0.474 e. The zero-order valence-electron chi connectivity index (χ0n) is 12.5. The number of anilines is 1. The molecule has 0 aliphatic carbocycles. The zero-order valence-corrected chi connectivity index (χ0v) is 13.3. The Hall–Kier alpha value is -1.36. The van der Waals surface area contributed by atoms with Gasteiger partial charge in [-0.05, 0) is 31.2 Å². The van der Waals surface area contributed by atoms with Crippen LogP contribution in [0.3, 0.4) is 0 Å². The third-order valence-corrected chi connectivity index (χ3v) is 4.10. The van der Waals surface area contributed by atoms with Crippen LogP contribution in [0.1, 0.15) is 46.0 Å². The van der Waals surface area contributed by atoms with E-state index in [1.165, 1.54) is 25.7 Å². The van der Waals surface area contributed by atoms with Gasteiger partial charge in [0, 0.05) is 7.05 Å². The monoisotopic (exact) mass is 293 g/mol. The highest BCUT2D eigenvalue weighted by Crippen LogP contribution is 2.29. The lowest BCUT2D eigenvalue weighted by atomic mass is 10.1. The number of fused-ring (bicyclic) bond motifs is 1. The highest BCUT2D eigenvalue weighted by atomic mass is 32.1. The van der Waals surface area contributed by atoms with Crippen molar-refractivity contribution in [2.45, 2.75) is 52.1 Å². The van der Waals surface area contributed by atoms with Gasteiger partial charge in [0.2, 0.25) is 11.8 Å². The summed E-state index contributed by atoms with van der Waals surface area (Å²) in [5, 5.41) is 6.02. The van der Waals surface area contributed by atoms with Crippen molar-refractivity contribution in [2.24, 2.45) is 0 Å². The molecule has 0 saturated heterocycles. The van der Waals surface area contributed by atoms with Gasteiger partial charge in [-0.25, -0.2) is 4.98 Å². The predicted octanol–water partition coefficient (Wildman–Crippen LogP) is 4.47. The Morgan fingerprint density at radius 1 is 1.30 bits per heavy atom. The van der Waals surface area contributed by atoms with Crippen LogP contribution < -0.4 is 10.1 Å². The molecule has 2 aromatic heterocycles. The van der Waals surface area contributed by atoms with Crippen LogP contribution in [-0.2, 0) is 0 Å². The van der Waals surface area contributed by atoms with Crippen LogP contribution >= 0.6 is 11.3 Å². The highest BCUT2D eigenvalue weighted by molar-refractivity contribution is 7.16. The van der Waals surface area contributed by atoms with Crippen molar-refractivity contribution >= 4 is 27.5 Å². The Kier molecular flexibility index (Phi) is 5.59. The molecule has 1 N–H and O–H groups in total. The summed E-state index contributed by atoms with van der Waals surface area (Å²) in [6.07, 6.45) is 6.33. The molecule has 4 nitrogen and oxygen atoms in total. The van der Waals surface area contributed by atoms with E-state index in [2.05, 4.69) is 29.1 Å². The van der Waals surface area contributed by atoms with Gasteiger partial charge in [0.25, 0.3) is 0 Å². The Balaban J connectivity index is 2.02. The van der Waals surface area contributed by atoms with Crippen molar-refractivity contribution in [1.29, 1.82) is 0 Å². The quantitative estimate of drug-likeness (QED) is 0.729. The van der Waals surface area contributed by atoms with E-state index in [1.807, 2.05) is 18.5 Å². The minimum absolute atomic E-state index is 0.189. The number of hydrogen-bond donors (Lipinski definition) is 1. The summed E-state index contributed by atoms with van der Waals surface area (Å²) in [5.41, 5.74) is 0. The number of nitrogens with one attached hydrogen (secondary N) is 1. The lowest BCUT2D eigenvalue weighted by Gasteiger charge is -2.15. The summed E-state index contributed by atoms with van der Waals surface area (Å²) in [5.74, 6) is 1.32. The normalized spacial score (nSPS) is 12.6. The maximum atomic E-state index is 6.02. The van der Waals surface area contributed by atoms with E-state index in [4.69, 9.17) is 4.74 Å². The SMILES string of the molecule is CCCCCCC(C)Oc1nc(NC)nc2sccc12. The second-order valence-corrected chi connectivity index (χ2v) is 5.91. The van der Waals surface area contributed by atoms with Crippen LogP contribution in [0.5, 0.6) is 5.88 Å². The average molecular weight is 293 g/mol. The molecule has 0 amide bonds.